The SMILES string of the molecule is COc1ccccc1C(=O)NN(C(=O)c1ccccc1Cl)C(C)(C)C. The summed E-state index contributed by atoms with van der Waals surface area (Å²) in [4.78, 5) is 25.6. The second-order valence-corrected chi connectivity index (χ2v) is 6.84. The first-order chi connectivity index (χ1) is 11.8. The topological polar surface area (TPSA) is 58.6 Å². The minimum atomic E-state index is -0.659. The molecule has 2 rings (SSSR count). The maximum atomic E-state index is 12.9. The molecule has 0 saturated carbocycles. The van der Waals surface area contributed by atoms with Crippen LogP contribution in [0.1, 0.15) is 41.5 Å². The molecule has 2 aromatic rings. The van der Waals surface area contributed by atoms with E-state index in [1.807, 2.05) is 20.8 Å². The van der Waals surface area contributed by atoms with Crippen LogP contribution in [0.3, 0.4) is 0 Å². The molecular weight excluding hydrogens is 340 g/mol. The van der Waals surface area contributed by atoms with E-state index < -0.39 is 11.4 Å². The van der Waals surface area contributed by atoms with Crippen molar-refractivity contribution in [2.45, 2.75) is 26.3 Å². The molecule has 0 aliphatic rings. The molecule has 0 aromatic heterocycles. The minimum Gasteiger partial charge on any atom is -0.496 e. The van der Waals surface area contributed by atoms with Crippen LogP contribution in [0, 0.1) is 0 Å². The van der Waals surface area contributed by atoms with Gasteiger partial charge < -0.3 is 4.74 Å². The number of carbonyl (C=O) groups is 2. The highest BCUT2D eigenvalue weighted by Gasteiger charge is 2.31. The van der Waals surface area contributed by atoms with Crippen LogP contribution in [-0.4, -0.2) is 29.5 Å². The molecule has 0 aliphatic carbocycles. The van der Waals surface area contributed by atoms with Crippen LogP contribution in [0.15, 0.2) is 48.5 Å². The smallest absolute Gasteiger partial charge is 0.274 e. The van der Waals surface area contributed by atoms with Crippen LogP contribution in [-0.2, 0) is 0 Å². The third kappa shape index (κ3) is 4.31. The Hall–Kier alpha value is -2.53. The average Bonchev–Trinajstić information content (AvgIpc) is 2.58. The number of benzene rings is 2. The van der Waals surface area contributed by atoms with Gasteiger partial charge in [-0.05, 0) is 45.0 Å². The molecule has 0 fully saturated rings. The van der Waals surface area contributed by atoms with Crippen LogP contribution in [0.4, 0.5) is 0 Å². The highest BCUT2D eigenvalue weighted by Crippen LogP contribution is 2.22. The van der Waals surface area contributed by atoms with Gasteiger partial charge in [-0.25, -0.2) is 5.01 Å². The zero-order chi connectivity index (χ0) is 18.6. The van der Waals surface area contributed by atoms with Gasteiger partial charge in [0.25, 0.3) is 11.8 Å². The Kier molecular flexibility index (Phi) is 5.69. The van der Waals surface area contributed by atoms with E-state index in [9.17, 15) is 9.59 Å². The van der Waals surface area contributed by atoms with Gasteiger partial charge in [0.2, 0.25) is 0 Å². The van der Waals surface area contributed by atoms with Gasteiger partial charge in [0.1, 0.15) is 5.75 Å². The van der Waals surface area contributed by atoms with Crippen LogP contribution < -0.4 is 10.2 Å². The van der Waals surface area contributed by atoms with E-state index in [1.165, 1.54) is 12.1 Å². The Morgan fingerprint density at radius 3 is 2.12 bits per heavy atom. The van der Waals surface area contributed by atoms with Crippen molar-refractivity contribution in [1.82, 2.24) is 10.4 Å². The average molecular weight is 361 g/mol. The van der Waals surface area contributed by atoms with Gasteiger partial charge in [0.05, 0.1) is 28.8 Å². The van der Waals surface area contributed by atoms with Crippen molar-refractivity contribution in [2.75, 3.05) is 7.11 Å². The lowest BCUT2D eigenvalue weighted by Crippen LogP contribution is -2.56. The second-order valence-electron chi connectivity index (χ2n) is 6.43. The van der Waals surface area contributed by atoms with Crippen molar-refractivity contribution in [3.05, 3.63) is 64.7 Å². The van der Waals surface area contributed by atoms with E-state index in [0.717, 1.165) is 0 Å². The first-order valence-electron chi connectivity index (χ1n) is 7.79. The van der Waals surface area contributed by atoms with Gasteiger partial charge in [-0.2, -0.15) is 0 Å². The van der Waals surface area contributed by atoms with Gasteiger partial charge >= 0.3 is 0 Å². The van der Waals surface area contributed by atoms with Crippen LogP contribution >= 0.6 is 11.6 Å². The summed E-state index contributed by atoms with van der Waals surface area (Å²) in [5, 5.41) is 1.61. The highest BCUT2D eigenvalue weighted by molar-refractivity contribution is 6.33. The quantitative estimate of drug-likeness (QED) is 0.843. The Morgan fingerprint density at radius 2 is 1.56 bits per heavy atom. The highest BCUT2D eigenvalue weighted by atomic mass is 35.5. The number of hydrazine groups is 1. The van der Waals surface area contributed by atoms with Gasteiger partial charge in [-0.1, -0.05) is 35.9 Å². The number of para-hydroxylation sites is 1. The molecule has 0 saturated heterocycles. The first-order valence-corrected chi connectivity index (χ1v) is 8.16. The molecule has 0 spiro atoms. The number of rotatable bonds is 3. The molecule has 0 aliphatic heterocycles. The van der Waals surface area contributed by atoms with E-state index in [0.29, 0.717) is 21.9 Å². The number of halogens is 1. The molecule has 132 valence electrons. The summed E-state index contributed by atoms with van der Waals surface area (Å²) in [5.41, 5.74) is 2.68. The van der Waals surface area contributed by atoms with Crippen LogP contribution in [0.25, 0.3) is 0 Å². The molecule has 0 unspecified atom stereocenters. The summed E-state index contributed by atoms with van der Waals surface area (Å²) in [6.45, 7) is 5.47. The normalized spacial score (nSPS) is 10.9. The number of nitrogens with one attached hydrogen (secondary N) is 1. The Morgan fingerprint density at radius 1 is 1.00 bits per heavy atom. The fraction of sp³-hybridized carbons (Fsp3) is 0.263. The van der Waals surface area contributed by atoms with Crippen molar-refractivity contribution in [1.29, 1.82) is 0 Å². The summed E-state index contributed by atoms with van der Waals surface area (Å²) in [6, 6.07) is 13.5. The monoisotopic (exact) mass is 360 g/mol. The summed E-state index contributed by atoms with van der Waals surface area (Å²) in [5.74, 6) is -0.395. The first kappa shape index (κ1) is 18.8. The molecule has 2 aromatic carbocycles. The summed E-state index contributed by atoms with van der Waals surface area (Å²) < 4.78 is 5.21. The second kappa shape index (κ2) is 7.57. The summed E-state index contributed by atoms with van der Waals surface area (Å²) in [6.07, 6.45) is 0. The molecule has 5 nitrogen and oxygen atoms in total. The number of methoxy groups -OCH3 is 1. The molecule has 1 N–H and O–H groups in total. The number of amides is 2. The number of hydrogen-bond acceptors (Lipinski definition) is 3. The lowest BCUT2D eigenvalue weighted by molar-refractivity contribution is 0.0357. The van der Waals surface area contributed by atoms with E-state index in [2.05, 4.69) is 5.43 Å². The molecule has 25 heavy (non-hydrogen) atoms. The van der Waals surface area contributed by atoms with E-state index in [4.69, 9.17) is 16.3 Å². The van der Waals surface area contributed by atoms with Crippen molar-refractivity contribution in [3.63, 3.8) is 0 Å². The standard InChI is InChI=1S/C19H21ClN2O3/c1-19(2,3)22(18(24)13-9-5-7-11-15(13)20)21-17(23)14-10-6-8-12-16(14)25-4/h5-12H,1-4H3,(H,21,23). The molecule has 0 bridgehead atoms. The molecule has 0 atom stereocenters. The third-order valence-electron chi connectivity index (χ3n) is 3.54. The molecule has 0 heterocycles. The maximum absolute atomic E-state index is 12.9. The molecular formula is C19H21ClN2O3. The predicted molar refractivity (Wildman–Crippen MR) is 97.8 cm³/mol. The van der Waals surface area contributed by atoms with Crippen LogP contribution in [0.5, 0.6) is 5.75 Å². The predicted octanol–water partition coefficient (Wildman–Crippen LogP) is 3.93. The molecule has 0 radical (unpaired) electrons. The maximum Gasteiger partial charge on any atom is 0.274 e. The van der Waals surface area contributed by atoms with Crippen LogP contribution in [0.2, 0.25) is 5.02 Å². The van der Waals surface area contributed by atoms with Gasteiger partial charge in [0.15, 0.2) is 0 Å². The Labute approximate surface area is 152 Å². The number of hydrogen-bond donors (Lipinski definition) is 1. The summed E-state index contributed by atoms with van der Waals surface area (Å²) in [7, 11) is 1.49. The van der Waals surface area contributed by atoms with E-state index in [-0.39, 0.29) is 5.91 Å². The number of nitrogens with zero attached hydrogens (tertiary/aromatic N) is 1. The lowest BCUT2D eigenvalue weighted by Gasteiger charge is -2.35. The summed E-state index contributed by atoms with van der Waals surface area (Å²) >= 11 is 6.13. The van der Waals surface area contributed by atoms with Gasteiger partial charge in [-0.15, -0.1) is 0 Å². The Bertz CT molecular complexity index is 784. The fourth-order valence-electron chi connectivity index (χ4n) is 2.27. The fourth-order valence-corrected chi connectivity index (χ4v) is 2.49. The molecule has 2 amide bonds. The lowest BCUT2D eigenvalue weighted by atomic mass is 10.1. The Balaban J connectivity index is 2.35. The van der Waals surface area contributed by atoms with E-state index >= 15 is 0 Å². The zero-order valence-corrected chi connectivity index (χ0v) is 15.4. The van der Waals surface area contributed by atoms with E-state index in [1.54, 1.807) is 48.5 Å². The van der Waals surface area contributed by atoms with Crippen molar-refractivity contribution >= 4 is 23.4 Å². The third-order valence-corrected chi connectivity index (χ3v) is 3.87. The largest absolute Gasteiger partial charge is 0.496 e. The molecule has 6 heteroatoms. The van der Waals surface area contributed by atoms with Gasteiger partial charge in [0, 0.05) is 0 Å². The van der Waals surface area contributed by atoms with Crippen molar-refractivity contribution in [3.8, 4) is 5.75 Å². The van der Waals surface area contributed by atoms with Gasteiger partial charge in [-0.3, -0.25) is 15.0 Å². The number of carbonyl (C=O) groups excluding carboxylic acids is 2. The number of ether oxygens (including phenoxy) is 1. The van der Waals surface area contributed by atoms with Crippen molar-refractivity contribution in [2.24, 2.45) is 0 Å². The minimum absolute atomic E-state index is 0.319. The van der Waals surface area contributed by atoms with Crippen molar-refractivity contribution < 1.29 is 14.3 Å². The zero-order valence-electron chi connectivity index (χ0n) is 14.7.